The van der Waals surface area contributed by atoms with Gasteiger partial charge >= 0.3 is 0 Å². The summed E-state index contributed by atoms with van der Waals surface area (Å²) in [6.45, 7) is 6.18. The van der Waals surface area contributed by atoms with E-state index in [1.807, 2.05) is 18.3 Å². The summed E-state index contributed by atoms with van der Waals surface area (Å²) in [6, 6.07) is 14.7. The first kappa shape index (κ1) is 19.9. The molecule has 2 aliphatic rings. The van der Waals surface area contributed by atoms with Gasteiger partial charge in [-0.3, -0.25) is 9.69 Å². The van der Waals surface area contributed by atoms with Gasteiger partial charge in [-0.05, 0) is 55.6 Å². The Morgan fingerprint density at radius 1 is 0.968 bits per heavy atom. The van der Waals surface area contributed by atoms with E-state index in [0.29, 0.717) is 13.0 Å². The number of amides is 1. The number of rotatable bonds is 7. The Labute approximate surface area is 183 Å². The number of hydrogen-bond donors (Lipinski definition) is 2. The summed E-state index contributed by atoms with van der Waals surface area (Å²) < 4.78 is 5.92. The summed E-state index contributed by atoms with van der Waals surface area (Å²) >= 11 is 0. The lowest BCUT2D eigenvalue weighted by atomic mass is 10.0. The van der Waals surface area contributed by atoms with Gasteiger partial charge in [-0.1, -0.05) is 12.1 Å². The van der Waals surface area contributed by atoms with Crippen molar-refractivity contribution >= 4 is 28.2 Å². The molecule has 3 heterocycles. The molecule has 0 spiro atoms. The number of carbonyl (C=O) groups excluding carboxylic acids is 1. The van der Waals surface area contributed by atoms with Crippen molar-refractivity contribution in [3.63, 3.8) is 0 Å². The first-order valence-electron chi connectivity index (χ1n) is 11.4. The monoisotopic (exact) mass is 418 g/mol. The second-order valence-electron chi connectivity index (χ2n) is 8.47. The number of fused-ring (bicyclic) bond motifs is 2. The smallest absolute Gasteiger partial charge is 0.224 e. The van der Waals surface area contributed by atoms with Crippen molar-refractivity contribution in [2.24, 2.45) is 0 Å². The Hall–Kier alpha value is -2.99. The van der Waals surface area contributed by atoms with E-state index >= 15 is 0 Å². The molecule has 2 aliphatic heterocycles. The predicted molar refractivity (Wildman–Crippen MR) is 125 cm³/mol. The Morgan fingerprint density at radius 3 is 2.77 bits per heavy atom. The number of carbonyl (C=O) groups is 1. The number of unbranched alkanes of at least 4 members (excludes halogenated alkanes) is 1. The van der Waals surface area contributed by atoms with Crippen LogP contribution in [-0.2, 0) is 11.2 Å². The molecular weight excluding hydrogens is 388 g/mol. The normalized spacial score (nSPS) is 16.9. The summed E-state index contributed by atoms with van der Waals surface area (Å²) in [6.07, 6.45) is 5.58. The van der Waals surface area contributed by atoms with E-state index in [4.69, 9.17) is 4.74 Å². The van der Waals surface area contributed by atoms with E-state index in [9.17, 15) is 4.79 Å². The van der Waals surface area contributed by atoms with Gasteiger partial charge in [-0.2, -0.15) is 0 Å². The molecule has 5 rings (SSSR count). The standard InChI is InChI=1S/C25H30N4O2/c30-25-9-7-19-6-8-20(18-23(19)27-25)31-17-2-1-12-28-13-15-29(16-14-28)24-5-3-4-22-21(24)10-11-26-22/h3-6,8,10-11,18,26H,1-2,7,9,12-17H2,(H,27,30). The molecule has 6 heteroatoms. The Morgan fingerprint density at radius 2 is 1.87 bits per heavy atom. The van der Waals surface area contributed by atoms with E-state index in [1.165, 1.54) is 22.2 Å². The number of aromatic amines is 1. The third-order valence-electron chi connectivity index (χ3n) is 6.40. The van der Waals surface area contributed by atoms with Gasteiger partial charge < -0.3 is 19.9 Å². The molecule has 1 saturated heterocycles. The van der Waals surface area contributed by atoms with Gasteiger partial charge in [0, 0.05) is 67.1 Å². The van der Waals surface area contributed by atoms with Gasteiger partial charge in [0.05, 0.1) is 6.61 Å². The average molecular weight is 419 g/mol. The van der Waals surface area contributed by atoms with Gasteiger partial charge in [-0.15, -0.1) is 0 Å². The van der Waals surface area contributed by atoms with Crippen molar-refractivity contribution < 1.29 is 9.53 Å². The summed E-state index contributed by atoms with van der Waals surface area (Å²) in [5, 5.41) is 4.25. The van der Waals surface area contributed by atoms with Crippen molar-refractivity contribution in [2.75, 3.05) is 49.5 Å². The summed E-state index contributed by atoms with van der Waals surface area (Å²) in [7, 11) is 0. The predicted octanol–water partition coefficient (Wildman–Crippen LogP) is 4.03. The average Bonchev–Trinajstić information content (AvgIpc) is 3.28. The lowest BCUT2D eigenvalue weighted by Gasteiger charge is -2.36. The molecule has 0 bridgehead atoms. The molecule has 2 aromatic carbocycles. The Balaban J connectivity index is 1.03. The molecule has 0 unspecified atom stereocenters. The summed E-state index contributed by atoms with van der Waals surface area (Å²) in [5.41, 5.74) is 4.65. The van der Waals surface area contributed by atoms with Crippen LogP contribution in [0.2, 0.25) is 0 Å². The number of anilines is 2. The number of aryl methyl sites for hydroxylation is 1. The van der Waals surface area contributed by atoms with Crippen molar-refractivity contribution in [2.45, 2.75) is 25.7 Å². The van der Waals surface area contributed by atoms with Crippen molar-refractivity contribution in [1.82, 2.24) is 9.88 Å². The van der Waals surface area contributed by atoms with Gasteiger partial charge in [-0.25, -0.2) is 0 Å². The Kier molecular flexibility index (Phi) is 5.80. The second-order valence-corrected chi connectivity index (χ2v) is 8.47. The van der Waals surface area contributed by atoms with Gasteiger partial charge in [0.15, 0.2) is 0 Å². The van der Waals surface area contributed by atoms with Gasteiger partial charge in [0.25, 0.3) is 0 Å². The van der Waals surface area contributed by atoms with Crippen LogP contribution in [0.1, 0.15) is 24.8 Å². The highest BCUT2D eigenvalue weighted by Gasteiger charge is 2.18. The zero-order valence-electron chi connectivity index (χ0n) is 17.9. The maximum atomic E-state index is 11.6. The number of aromatic nitrogens is 1. The van der Waals surface area contributed by atoms with Crippen molar-refractivity contribution in [3.8, 4) is 5.75 Å². The lowest BCUT2D eigenvalue weighted by Crippen LogP contribution is -2.46. The van der Waals surface area contributed by atoms with Crippen LogP contribution in [0.5, 0.6) is 5.75 Å². The second kappa shape index (κ2) is 9.02. The van der Waals surface area contributed by atoms with Crippen molar-refractivity contribution in [3.05, 3.63) is 54.2 Å². The van der Waals surface area contributed by atoms with Crippen LogP contribution < -0.4 is 15.0 Å². The van der Waals surface area contributed by atoms with Crippen LogP contribution in [0.3, 0.4) is 0 Å². The molecular formula is C25H30N4O2. The molecule has 6 nitrogen and oxygen atoms in total. The molecule has 0 atom stereocenters. The largest absolute Gasteiger partial charge is 0.494 e. The quantitative estimate of drug-likeness (QED) is 0.569. The van der Waals surface area contributed by atoms with Crippen LogP contribution in [0.15, 0.2) is 48.7 Å². The molecule has 1 amide bonds. The summed E-state index contributed by atoms with van der Waals surface area (Å²) in [5.74, 6) is 0.933. The summed E-state index contributed by atoms with van der Waals surface area (Å²) in [4.78, 5) is 19.9. The fourth-order valence-electron chi connectivity index (χ4n) is 4.63. The number of ether oxygens (including phenoxy) is 1. The fourth-order valence-corrected chi connectivity index (χ4v) is 4.63. The highest BCUT2D eigenvalue weighted by Crippen LogP contribution is 2.28. The number of piperazine rings is 1. The van der Waals surface area contributed by atoms with Gasteiger partial charge in [0.1, 0.15) is 5.75 Å². The zero-order chi connectivity index (χ0) is 21.0. The Bertz CT molecular complexity index is 1050. The van der Waals surface area contributed by atoms with Crippen LogP contribution in [0.4, 0.5) is 11.4 Å². The van der Waals surface area contributed by atoms with E-state index in [1.54, 1.807) is 0 Å². The lowest BCUT2D eigenvalue weighted by molar-refractivity contribution is -0.116. The zero-order valence-corrected chi connectivity index (χ0v) is 17.9. The minimum Gasteiger partial charge on any atom is -0.494 e. The first-order chi connectivity index (χ1) is 15.3. The number of hydrogen-bond acceptors (Lipinski definition) is 4. The highest BCUT2D eigenvalue weighted by atomic mass is 16.5. The third kappa shape index (κ3) is 4.54. The highest BCUT2D eigenvalue weighted by molar-refractivity contribution is 5.94. The molecule has 0 aliphatic carbocycles. The molecule has 1 fully saturated rings. The SMILES string of the molecule is O=C1CCc2ccc(OCCCCN3CCN(c4cccc5[nH]ccc45)CC3)cc2N1. The maximum absolute atomic E-state index is 11.6. The van der Waals surface area contributed by atoms with E-state index in [2.05, 4.69) is 50.4 Å². The molecule has 1 aromatic heterocycles. The number of benzene rings is 2. The van der Waals surface area contributed by atoms with Crippen LogP contribution in [0, 0.1) is 0 Å². The van der Waals surface area contributed by atoms with Gasteiger partial charge in [0.2, 0.25) is 5.91 Å². The number of nitrogens with one attached hydrogen (secondary N) is 2. The molecule has 162 valence electrons. The third-order valence-corrected chi connectivity index (χ3v) is 6.40. The molecule has 3 aromatic rings. The molecule has 2 N–H and O–H groups in total. The van der Waals surface area contributed by atoms with Crippen molar-refractivity contribution in [1.29, 1.82) is 0 Å². The number of H-pyrrole nitrogens is 1. The molecule has 0 radical (unpaired) electrons. The van der Waals surface area contributed by atoms with E-state index in [-0.39, 0.29) is 5.91 Å². The maximum Gasteiger partial charge on any atom is 0.224 e. The van der Waals surface area contributed by atoms with Crippen LogP contribution in [-0.4, -0.2) is 55.1 Å². The number of nitrogens with zero attached hydrogens (tertiary/aromatic N) is 2. The first-order valence-corrected chi connectivity index (χ1v) is 11.4. The molecule has 31 heavy (non-hydrogen) atoms. The van der Waals surface area contributed by atoms with Crippen LogP contribution in [0.25, 0.3) is 10.9 Å². The topological polar surface area (TPSA) is 60.6 Å². The van der Waals surface area contributed by atoms with Crippen LogP contribution >= 0.6 is 0 Å². The minimum atomic E-state index is 0.0922. The molecule has 0 saturated carbocycles. The van der Waals surface area contributed by atoms with E-state index < -0.39 is 0 Å². The fraction of sp³-hybridized carbons (Fsp3) is 0.400. The van der Waals surface area contributed by atoms with E-state index in [0.717, 1.165) is 63.4 Å². The minimum absolute atomic E-state index is 0.0922.